The van der Waals surface area contributed by atoms with Gasteiger partial charge in [-0.2, -0.15) is 0 Å². The molecule has 0 bridgehead atoms. The summed E-state index contributed by atoms with van der Waals surface area (Å²) in [7, 11) is 1.59. The first-order valence-corrected chi connectivity index (χ1v) is 12.5. The number of nitrogens with zero attached hydrogens (tertiary/aromatic N) is 2. The van der Waals surface area contributed by atoms with Gasteiger partial charge in [0, 0.05) is 10.4 Å². The molecule has 0 aliphatic carbocycles. The number of aryl methyl sites for hydroxylation is 2. The summed E-state index contributed by atoms with van der Waals surface area (Å²) >= 11 is 13.7. The zero-order valence-electron chi connectivity index (χ0n) is 19.5. The number of fused-ring (bicyclic) bond motifs is 1. The summed E-state index contributed by atoms with van der Waals surface area (Å²) in [6.07, 6.45) is 0. The van der Waals surface area contributed by atoms with E-state index in [2.05, 4.69) is 4.98 Å². The first-order chi connectivity index (χ1) is 17.2. The number of aliphatic hydroxyl groups is 1. The zero-order chi connectivity index (χ0) is 25.7. The molecule has 9 heteroatoms. The van der Waals surface area contributed by atoms with Crippen LogP contribution in [0.1, 0.15) is 27.7 Å². The molecule has 1 aliphatic heterocycles. The maximum Gasteiger partial charge on any atom is 0.301 e. The molecule has 0 radical (unpaired) electrons. The summed E-state index contributed by atoms with van der Waals surface area (Å²) in [5.41, 5.74) is 1.65. The molecule has 6 nitrogen and oxygen atoms in total. The molecular weight excluding hydrogens is 519 g/mol. The number of hydrogen-bond donors (Lipinski definition) is 1. The molecule has 1 amide bonds. The number of carbonyl (C=O) groups excluding carboxylic acids is 2. The molecule has 182 valence electrons. The van der Waals surface area contributed by atoms with Gasteiger partial charge in [0.2, 0.25) is 0 Å². The first kappa shape index (κ1) is 24.3. The van der Waals surface area contributed by atoms with Gasteiger partial charge >= 0.3 is 5.91 Å². The van der Waals surface area contributed by atoms with Gasteiger partial charge in [-0.15, -0.1) is 11.3 Å². The standard InChI is InChI=1S/C27H20Cl2N2O4S/c1-13-14(2)36-27(30-13)31-23(17-7-9-20(28)21(29)12-17)22(25(33)26(31)34)24(32)18-5-4-16-11-19(35-3)8-6-15(16)10-18/h4-12,23,32H,1-3H3/b24-22+. The predicted molar refractivity (Wildman–Crippen MR) is 143 cm³/mol. The quantitative estimate of drug-likeness (QED) is 0.174. The summed E-state index contributed by atoms with van der Waals surface area (Å²) in [4.78, 5) is 33.4. The van der Waals surface area contributed by atoms with Crippen LogP contribution in [-0.4, -0.2) is 28.9 Å². The number of ether oxygens (including phenoxy) is 1. The van der Waals surface area contributed by atoms with Crippen molar-refractivity contribution in [1.29, 1.82) is 0 Å². The number of rotatable bonds is 4. The lowest BCUT2D eigenvalue weighted by Crippen LogP contribution is -2.29. The highest BCUT2D eigenvalue weighted by Gasteiger charge is 2.48. The number of aromatic nitrogens is 1. The van der Waals surface area contributed by atoms with Crippen LogP contribution in [0.3, 0.4) is 0 Å². The van der Waals surface area contributed by atoms with Gasteiger partial charge in [-0.3, -0.25) is 14.5 Å². The second-order valence-corrected chi connectivity index (χ2v) is 10.4. The third-order valence-corrected chi connectivity index (χ3v) is 8.06. The van der Waals surface area contributed by atoms with Crippen LogP contribution in [-0.2, 0) is 9.59 Å². The number of methoxy groups -OCH3 is 1. The molecule has 1 N–H and O–H groups in total. The van der Waals surface area contributed by atoms with Crippen LogP contribution in [0.2, 0.25) is 10.0 Å². The molecule has 1 aliphatic rings. The normalized spacial score (nSPS) is 17.2. The second-order valence-electron chi connectivity index (χ2n) is 8.41. The van der Waals surface area contributed by atoms with Crippen LogP contribution < -0.4 is 9.64 Å². The van der Waals surface area contributed by atoms with E-state index >= 15 is 0 Å². The Bertz CT molecular complexity index is 1570. The van der Waals surface area contributed by atoms with E-state index in [0.717, 1.165) is 21.3 Å². The summed E-state index contributed by atoms with van der Waals surface area (Å²) < 4.78 is 5.28. The lowest BCUT2D eigenvalue weighted by molar-refractivity contribution is -0.132. The van der Waals surface area contributed by atoms with E-state index in [9.17, 15) is 14.7 Å². The number of carbonyl (C=O) groups is 2. The number of thiazole rings is 1. The van der Waals surface area contributed by atoms with E-state index in [1.54, 1.807) is 37.4 Å². The molecule has 1 saturated heterocycles. The molecule has 1 unspecified atom stereocenters. The van der Waals surface area contributed by atoms with E-state index in [1.807, 2.05) is 38.1 Å². The van der Waals surface area contributed by atoms with Crippen molar-refractivity contribution in [2.24, 2.45) is 0 Å². The van der Waals surface area contributed by atoms with Gasteiger partial charge in [0.1, 0.15) is 11.5 Å². The van der Waals surface area contributed by atoms with Gasteiger partial charge in [0.05, 0.1) is 34.5 Å². The lowest BCUT2D eigenvalue weighted by Gasteiger charge is -2.23. The Hall–Kier alpha value is -3.39. The third-order valence-electron chi connectivity index (χ3n) is 6.25. The fraction of sp³-hybridized carbons (Fsp3) is 0.148. The number of anilines is 1. The van der Waals surface area contributed by atoms with E-state index < -0.39 is 17.7 Å². The molecule has 2 heterocycles. The van der Waals surface area contributed by atoms with Crippen molar-refractivity contribution in [3.63, 3.8) is 0 Å². The van der Waals surface area contributed by atoms with Crippen LogP contribution in [0.5, 0.6) is 5.75 Å². The molecule has 5 rings (SSSR count). The molecular formula is C27H20Cl2N2O4S. The Morgan fingerprint density at radius 1 is 1.00 bits per heavy atom. The smallest absolute Gasteiger partial charge is 0.301 e. The fourth-order valence-electron chi connectivity index (χ4n) is 4.24. The maximum atomic E-state index is 13.4. The third kappa shape index (κ3) is 4.03. The number of benzene rings is 3. The predicted octanol–water partition coefficient (Wildman–Crippen LogP) is 6.85. The molecule has 3 aromatic carbocycles. The Balaban J connectivity index is 1.72. The van der Waals surface area contributed by atoms with Crippen LogP contribution in [0.25, 0.3) is 16.5 Å². The largest absolute Gasteiger partial charge is 0.507 e. The van der Waals surface area contributed by atoms with Crippen LogP contribution in [0.4, 0.5) is 5.13 Å². The molecule has 1 aromatic heterocycles. The number of halogens is 2. The monoisotopic (exact) mass is 538 g/mol. The minimum absolute atomic E-state index is 0.0447. The summed E-state index contributed by atoms with van der Waals surface area (Å²) in [5.74, 6) is -1.15. The molecule has 4 aromatic rings. The van der Waals surface area contributed by atoms with Gasteiger partial charge in [0.15, 0.2) is 5.13 Å². The van der Waals surface area contributed by atoms with E-state index in [1.165, 1.54) is 16.2 Å². The molecule has 1 atom stereocenters. The van der Waals surface area contributed by atoms with E-state index in [4.69, 9.17) is 27.9 Å². The van der Waals surface area contributed by atoms with Gasteiger partial charge in [-0.25, -0.2) is 4.98 Å². The molecule has 1 fully saturated rings. The second kappa shape index (κ2) is 9.24. The average Bonchev–Trinajstić information content (AvgIpc) is 3.34. The molecule has 0 spiro atoms. The number of hydrogen-bond acceptors (Lipinski definition) is 6. The van der Waals surface area contributed by atoms with Crippen LogP contribution in [0.15, 0.2) is 60.2 Å². The van der Waals surface area contributed by atoms with Crippen molar-refractivity contribution in [3.05, 3.63) is 91.9 Å². The first-order valence-electron chi connectivity index (χ1n) is 11.0. The SMILES string of the molecule is COc1ccc2cc(/C(O)=C3\C(=O)C(=O)N(c4nc(C)c(C)s4)C3c3ccc(Cl)c(Cl)c3)ccc2c1. The summed E-state index contributed by atoms with van der Waals surface area (Å²) in [6, 6.07) is 14.8. The Morgan fingerprint density at radius 3 is 2.39 bits per heavy atom. The van der Waals surface area contributed by atoms with Gasteiger partial charge < -0.3 is 9.84 Å². The lowest BCUT2D eigenvalue weighted by atomic mass is 9.94. The number of Topliss-reactive ketones (excluding diaryl/α,β-unsaturated/α-hetero) is 1. The van der Waals surface area contributed by atoms with Crippen molar-refractivity contribution in [3.8, 4) is 5.75 Å². The van der Waals surface area contributed by atoms with Crippen LogP contribution in [0, 0.1) is 13.8 Å². The average molecular weight is 539 g/mol. The van der Waals surface area contributed by atoms with Crippen molar-refractivity contribution in [1.82, 2.24) is 4.98 Å². The van der Waals surface area contributed by atoms with E-state index in [-0.39, 0.29) is 16.4 Å². The van der Waals surface area contributed by atoms with Crippen LogP contribution >= 0.6 is 34.5 Å². The summed E-state index contributed by atoms with van der Waals surface area (Å²) in [6.45, 7) is 3.73. The van der Waals surface area contributed by atoms with Crippen molar-refractivity contribution < 1.29 is 19.4 Å². The maximum absolute atomic E-state index is 13.4. The van der Waals surface area contributed by atoms with Gasteiger partial charge in [-0.05, 0) is 60.5 Å². The number of amides is 1. The fourth-order valence-corrected chi connectivity index (χ4v) is 5.48. The highest BCUT2D eigenvalue weighted by Crippen LogP contribution is 2.45. The Kier molecular flexibility index (Phi) is 6.24. The minimum atomic E-state index is -0.934. The van der Waals surface area contributed by atoms with Gasteiger partial charge in [0.25, 0.3) is 5.78 Å². The Morgan fingerprint density at radius 2 is 1.72 bits per heavy atom. The molecule has 36 heavy (non-hydrogen) atoms. The van der Waals surface area contributed by atoms with Crippen molar-refractivity contribution >= 4 is 67.9 Å². The highest BCUT2D eigenvalue weighted by molar-refractivity contribution is 7.16. The van der Waals surface area contributed by atoms with Gasteiger partial charge in [-0.1, -0.05) is 47.5 Å². The van der Waals surface area contributed by atoms with Crippen molar-refractivity contribution in [2.75, 3.05) is 12.0 Å². The van der Waals surface area contributed by atoms with E-state index in [0.29, 0.717) is 27.0 Å². The Labute approximate surface area is 221 Å². The highest BCUT2D eigenvalue weighted by atomic mass is 35.5. The zero-order valence-corrected chi connectivity index (χ0v) is 21.8. The summed E-state index contributed by atoms with van der Waals surface area (Å²) in [5, 5.41) is 14.1. The molecule has 0 saturated carbocycles. The number of ketones is 1. The number of aliphatic hydroxyl groups excluding tert-OH is 1. The topological polar surface area (TPSA) is 79.7 Å². The minimum Gasteiger partial charge on any atom is -0.507 e. The van der Waals surface area contributed by atoms with Crippen molar-refractivity contribution in [2.45, 2.75) is 19.9 Å².